The summed E-state index contributed by atoms with van der Waals surface area (Å²) in [6.07, 6.45) is 6.38. The third kappa shape index (κ3) is 3.08. The Balaban J connectivity index is 1.92. The lowest BCUT2D eigenvalue weighted by atomic mass is 9.94. The molecule has 1 saturated heterocycles. The molecule has 1 aromatic carbocycles. The van der Waals surface area contributed by atoms with E-state index in [0.29, 0.717) is 12.1 Å². The molecule has 1 heterocycles. The molecule has 2 atom stereocenters. The van der Waals surface area contributed by atoms with Crippen molar-refractivity contribution in [1.29, 1.82) is 0 Å². The highest BCUT2D eigenvalue weighted by Gasteiger charge is 2.17. The highest BCUT2D eigenvalue weighted by atomic mass is 15.0. The number of hydrogen-bond acceptors (Lipinski definition) is 1. The number of rotatable bonds is 3. The molecule has 2 unspecified atom stereocenters. The quantitative estimate of drug-likeness (QED) is 0.819. The average molecular weight is 217 g/mol. The van der Waals surface area contributed by atoms with Gasteiger partial charge >= 0.3 is 0 Å². The van der Waals surface area contributed by atoms with E-state index in [-0.39, 0.29) is 0 Å². The van der Waals surface area contributed by atoms with Gasteiger partial charge in [-0.05, 0) is 43.7 Å². The molecule has 0 spiro atoms. The second kappa shape index (κ2) is 5.49. The van der Waals surface area contributed by atoms with Crippen molar-refractivity contribution in [2.75, 3.05) is 0 Å². The minimum absolute atomic E-state index is 0.691. The molecule has 1 aliphatic rings. The molecule has 1 aliphatic heterocycles. The van der Waals surface area contributed by atoms with Crippen molar-refractivity contribution in [3.8, 4) is 0 Å². The maximum atomic E-state index is 3.69. The number of piperidine rings is 1. The molecule has 0 aromatic heterocycles. The van der Waals surface area contributed by atoms with Gasteiger partial charge in [-0.1, -0.05) is 37.6 Å². The summed E-state index contributed by atoms with van der Waals surface area (Å²) in [6, 6.07) is 10.5. The minimum Gasteiger partial charge on any atom is -0.311 e. The van der Waals surface area contributed by atoms with E-state index in [1.54, 1.807) is 0 Å². The van der Waals surface area contributed by atoms with E-state index in [4.69, 9.17) is 0 Å². The van der Waals surface area contributed by atoms with Crippen molar-refractivity contribution < 1.29 is 0 Å². The van der Waals surface area contributed by atoms with Crippen LogP contribution in [-0.2, 0) is 12.8 Å². The zero-order valence-corrected chi connectivity index (χ0v) is 10.5. The first-order valence-electron chi connectivity index (χ1n) is 6.62. The Hall–Kier alpha value is -0.820. The van der Waals surface area contributed by atoms with Gasteiger partial charge in [-0.3, -0.25) is 0 Å². The maximum Gasteiger partial charge on any atom is 0.0110 e. The van der Waals surface area contributed by atoms with Crippen molar-refractivity contribution in [3.63, 3.8) is 0 Å². The van der Waals surface area contributed by atoms with Gasteiger partial charge in [0.15, 0.2) is 0 Å². The second-order valence-electron chi connectivity index (χ2n) is 5.07. The Bertz CT molecular complexity index is 315. The summed E-state index contributed by atoms with van der Waals surface area (Å²) in [5.41, 5.74) is 2.91. The molecule has 1 nitrogen and oxygen atoms in total. The van der Waals surface area contributed by atoms with Crippen LogP contribution in [0, 0.1) is 0 Å². The summed E-state index contributed by atoms with van der Waals surface area (Å²) in [5.74, 6) is 0. The summed E-state index contributed by atoms with van der Waals surface area (Å²) in [5, 5.41) is 3.69. The van der Waals surface area contributed by atoms with Gasteiger partial charge in [-0.25, -0.2) is 0 Å². The van der Waals surface area contributed by atoms with Crippen molar-refractivity contribution in [2.45, 2.75) is 58.0 Å². The first-order chi connectivity index (χ1) is 7.78. The topological polar surface area (TPSA) is 12.0 Å². The fraction of sp³-hybridized carbons (Fsp3) is 0.600. The molecule has 1 heteroatoms. The van der Waals surface area contributed by atoms with E-state index in [1.807, 2.05) is 0 Å². The van der Waals surface area contributed by atoms with Gasteiger partial charge in [0.1, 0.15) is 0 Å². The zero-order valence-electron chi connectivity index (χ0n) is 10.5. The lowest BCUT2D eigenvalue weighted by Gasteiger charge is -2.28. The summed E-state index contributed by atoms with van der Waals surface area (Å²) >= 11 is 0. The predicted molar refractivity (Wildman–Crippen MR) is 69.8 cm³/mol. The number of hydrogen-bond donors (Lipinski definition) is 1. The van der Waals surface area contributed by atoms with Gasteiger partial charge in [0.05, 0.1) is 0 Å². The zero-order chi connectivity index (χ0) is 11.4. The molecule has 0 amide bonds. The number of aryl methyl sites for hydroxylation is 1. The molecular formula is C15H23N. The Morgan fingerprint density at radius 3 is 2.44 bits per heavy atom. The predicted octanol–water partition coefficient (Wildman–Crippen LogP) is 3.32. The summed E-state index contributed by atoms with van der Waals surface area (Å²) in [4.78, 5) is 0. The van der Waals surface area contributed by atoms with E-state index in [9.17, 15) is 0 Å². The molecule has 1 N–H and O–H groups in total. The molecule has 0 radical (unpaired) electrons. The third-order valence-electron chi connectivity index (χ3n) is 3.62. The first kappa shape index (κ1) is 11.7. The van der Waals surface area contributed by atoms with E-state index in [0.717, 1.165) is 6.42 Å². The van der Waals surface area contributed by atoms with Crippen molar-refractivity contribution in [2.24, 2.45) is 0 Å². The van der Waals surface area contributed by atoms with Crippen LogP contribution < -0.4 is 5.32 Å². The fourth-order valence-corrected chi connectivity index (χ4v) is 2.60. The monoisotopic (exact) mass is 217 g/mol. The highest BCUT2D eigenvalue weighted by Crippen LogP contribution is 2.16. The van der Waals surface area contributed by atoms with E-state index < -0.39 is 0 Å². The van der Waals surface area contributed by atoms with Crippen LogP contribution in [0.1, 0.15) is 44.2 Å². The highest BCUT2D eigenvalue weighted by molar-refractivity contribution is 5.23. The number of benzene rings is 1. The first-order valence-corrected chi connectivity index (χ1v) is 6.62. The molecule has 1 aromatic rings. The fourth-order valence-electron chi connectivity index (χ4n) is 2.60. The van der Waals surface area contributed by atoms with Gasteiger partial charge in [-0.15, -0.1) is 0 Å². The standard InChI is InChI=1S/C15H23N/c1-3-13-7-9-14(10-8-13)11-15-6-4-5-12(2)16-15/h7-10,12,15-16H,3-6,11H2,1-2H3. The normalized spacial score (nSPS) is 25.6. The molecule has 0 bridgehead atoms. The molecule has 0 aliphatic carbocycles. The van der Waals surface area contributed by atoms with Gasteiger partial charge in [0, 0.05) is 12.1 Å². The molecule has 1 fully saturated rings. The van der Waals surface area contributed by atoms with Crippen LogP contribution in [0.5, 0.6) is 0 Å². The Morgan fingerprint density at radius 2 is 1.81 bits per heavy atom. The maximum absolute atomic E-state index is 3.69. The van der Waals surface area contributed by atoms with Crippen LogP contribution >= 0.6 is 0 Å². The van der Waals surface area contributed by atoms with Gasteiger partial charge in [0.25, 0.3) is 0 Å². The molecule has 16 heavy (non-hydrogen) atoms. The minimum atomic E-state index is 0.691. The Kier molecular flexibility index (Phi) is 4.00. The van der Waals surface area contributed by atoms with Crippen LogP contribution in [-0.4, -0.2) is 12.1 Å². The van der Waals surface area contributed by atoms with Crippen molar-refractivity contribution in [1.82, 2.24) is 5.32 Å². The summed E-state index contributed by atoms with van der Waals surface area (Å²) < 4.78 is 0. The van der Waals surface area contributed by atoms with E-state index in [2.05, 4.69) is 43.4 Å². The smallest absolute Gasteiger partial charge is 0.0110 e. The van der Waals surface area contributed by atoms with E-state index in [1.165, 1.54) is 36.8 Å². The SMILES string of the molecule is CCc1ccc(CC2CCCC(C)N2)cc1. The van der Waals surface area contributed by atoms with Gasteiger partial charge in [-0.2, -0.15) is 0 Å². The number of nitrogens with one attached hydrogen (secondary N) is 1. The van der Waals surface area contributed by atoms with Gasteiger partial charge < -0.3 is 5.32 Å². The average Bonchev–Trinajstić information content (AvgIpc) is 2.30. The summed E-state index contributed by atoms with van der Waals surface area (Å²) in [7, 11) is 0. The Morgan fingerprint density at radius 1 is 1.12 bits per heavy atom. The van der Waals surface area contributed by atoms with Crippen molar-refractivity contribution >= 4 is 0 Å². The van der Waals surface area contributed by atoms with E-state index >= 15 is 0 Å². The van der Waals surface area contributed by atoms with Gasteiger partial charge in [0.2, 0.25) is 0 Å². The third-order valence-corrected chi connectivity index (χ3v) is 3.62. The summed E-state index contributed by atoms with van der Waals surface area (Å²) in [6.45, 7) is 4.51. The molecule has 88 valence electrons. The van der Waals surface area contributed by atoms with Crippen LogP contribution in [0.4, 0.5) is 0 Å². The molecule has 0 saturated carbocycles. The molecular weight excluding hydrogens is 194 g/mol. The lowest BCUT2D eigenvalue weighted by molar-refractivity contribution is 0.333. The van der Waals surface area contributed by atoms with Crippen molar-refractivity contribution in [3.05, 3.63) is 35.4 Å². The van der Waals surface area contributed by atoms with Crippen LogP contribution in [0.3, 0.4) is 0 Å². The lowest BCUT2D eigenvalue weighted by Crippen LogP contribution is -2.41. The molecule has 2 rings (SSSR count). The van der Waals surface area contributed by atoms with Crippen LogP contribution in [0.15, 0.2) is 24.3 Å². The Labute approximate surface area is 99.3 Å². The largest absolute Gasteiger partial charge is 0.311 e. The van der Waals surface area contributed by atoms with Crippen LogP contribution in [0.2, 0.25) is 0 Å². The van der Waals surface area contributed by atoms with Crippen LogP contribution in [0.25, 0.3) is 0 Å². The second-order valence-corrected chi connectivity index (χ2v) is 5.07.